The SMILES string of the molecule is Cc1ccc(NC(=O)C(C)N(C)Cc2ccccc2F)cc1. The highest BCUT2D eigenvalue weighted by molar-refractivity contribution is 5.94. The normalized spacial score (nSPS) is 12.2. The molecule has 1 N–H and O–H groups in total. The number of nitrogens with zero attached hydrogens (tertiary/aromatic N) is 1. The molecule has 0 saturated carbocycles. The summed E-state index contributed by atoms with van der Waals surface area (Å²) in [6.45, 7) is 4.19. The van der Waals surface area contributed by atoms with Crippen LogP contribution in [-0.2, 0) is 11.3 Å². The van der Waals surface area contributed by atoms with Crippen LogP contribution in [0.5, 0.6) is 0 Å². The summed E-state index contributed by atoms with van der Waals surface area (Å²) in [5.74, 6) is -0.358. The van der Waals surface area contributed by atoms with E-state index in [1.165, 1.54) is 6.07 Å². The summed E-state index contributed by atoms with van der Waals surface area (Å²) in [4.78, 5) is 14.1. The van der Waals surface area contributed by atoms with E-state index in [0.717, 1.165) is 11.3 Å². The Labute approximate surface area is 130 Å². The Hall–Kier alpha value is -2.20. The largest absolute Gasteiger partial charge is 0.325 e. The minimum Gasteiger partial charge on any atom is -0.325 e. The molecule has 0 aromatic heterocycles. The molecule has 0 aliphatic carbocycles. The fourth-order valence-electron chi connectivity index (χ4n) is 2.12. The van der Waals surface area contributed by atoms with Gasteiger partial charge in [-0.15, -0.1) is 0 Å². The summed E-state index contributed by atoms with van der Waals surface area (Å²) in [5.41, 5.74) is 2.49. The summed E-state index contributed by atoms with van der Waals surface area (Å²) >= 11 is 0. The molecule has 22 heavy (non-hydrogen) atoms. The molecule has 1 atom stereocenters. The van der Waals surface area contributed by atoms with Crippen molar-refractivity contribution in [1.82, 2.24) is 4.90 Å². The molecule has 2 rings (SSSR count). The lowest BCUT2D eigenvalue weighted by molar-refractivity contribution is -0.120. The quantitative estimate of drug-likeness (QED) is 0.915. The van der Waals surface area contributed by atoms with Crippen molar-refractivity contribution >= 4 is 11.6 Å². The fraction of sp³-hybridized carbons (Fsp3) is 0.278. The molecule has 0 fully saturated rings. The Morgan fingerprint density at radius 3 is 2.45 bits per heavy atom. The van der Waals surface area contributed by atoms with Crippen LogP contribution in [0.15, 0.2) is 48.5 Å². The fourth-order valence-corrected chi connectivity index (χ4v) is 2.12. The number of likely N-dealkylation sites (N-methyl/N-ethyl adjacent to an activating group) is 1. The summed E-state index contributed by atoms with van der Waals surface area (Å²) < 4.78 is 13.7. The number of benzene rings is 2. The van der Waals surface area contributed by atoms with Gasteiger partial charge in [-0.25, -0.2) is 4.39 Å². The van der Waals surface area contributed by atoms with Gasteiger partial charge in [-0.1, -0.05) is 35.9 Å². The van der Waals surface area contributed by atoms with E-state index >= 15 is 0 Å². The second-order valence-corrected chi connectivity index (χ2v) is 5.54. The van der Waals surface area contributed by atoms with Crippen molar-refractivity contribution in [2.45, 2.75) is 26.4 Å². The third kappa shape index (κ3) is 4.15. The molecule has 0 heterocycles. The van der Waals surface area contributed by atoms with Crippen molar-refractivity contribution in [2.75, 3.05) is 12.4 Å². The minimum absolute atomic E-state index is 0.109. The van der Waals surface area contributed by atoms with E-state index in [1.54, 1.807) is 18.2 Å². The van der Waals surface area contributed by atoms with Crippen LogP contribution in [0, 0.1) is 12.7 Å². The van der Waals surface area contributed by atoms with E-state index in [9.17, 15) is 9.18 Å². The van der Waals surface area contributed by atoms with E-state index in [-0.39, 0.29) is 17.8 Å². The van der Waals surface area contributed by atoms with Crippen molar-refractivity contribution in [2.24, 2.45) is 0 Å². The molecule has 2 aromatic carbocycles. The first-order chi connectivity index (χ1) is 10.5. The summed E-state index contributed by atoms with van der Waals surface area (Å²) in [7, 11) is 1.81. The second-order valence-electron chi connectivity index (χ2n) is 5.54. The van der Waals surface area contributed by atoms with Crippen molar-refractivity contribution in [3.8, 4) is 0 Å². The Balaban J connectivity index is 1.97. The number of rotatable bonds is 5. The number of nitrogens with one attached hydrogen (secondary N) is 1. The number of anilines is 1. The van der Waals surface area contributed by atoms with Crippen LogP contribution in [0.2, 0.25) is 0 Å². The lowest BCUT2D eigenvalue weighted by Gasteiger charge is -2.24. The van der Waals surface area contributed by atoms with Gasteiger partial charge in [-0.2, -0.15) is 0 Å². The van der Waals surface area contributed by atoms with Gasteiger partial charge in [-0.05, 0) is 39.1 Å². The van der Waals surface area contributed by atoms with Gasteiger partial charge in [-0.3, -0.25) is 9.69 Å². The molecule has 116 valence electrons. The number of hydrogen-bond acceptors (Lipinski definition) is 2. The molecule has 0 aliphatic rings. The van der Waals surface area contributed by atoms with Crippen molar-refractivity contribution in [1.29, 1.82) is 0 Å². The molecule has 0 aliphatic heterocycles. The highest BCUT2D eigenvalue weighted by Gasteiger charge is 2.19. The smallest absolute Gasteiger partial charge is 0.241 e. The molecule has 1 amide bonds. The zero-order valence-electron chi connectivity index (χ0n) is 13.1. The van der Waals surface area contributed by atoms with Crippen molar-refractivity contribution in [3.05, 3.63) is 65.5 Å². The molecule has 0 bridgehead atoms. The van der Waals surface area contributed by atoms with Crippen LogP contribution >= 0.6 is 0 Å². The Morgan fingerprint density at radius 1 is 1.18 bits per heavy atom. The van der Waals surface area contributed by atoms with E-state index in [2.05, 4.69) is 5.32 Å². The number of halogens is 1. The highest BCUT2D eigenvalue weighted by atomic mass is 19.1. The van der Waals surface area contributed by atoms with Gasteiger partial charge >= 0.3 is 0 Å². The van der Waals surface area contributed by atoms with Gasteiger partial charge < -0.3 is 5.32 Å². The first-order valence-corrected chi connectivity index (χ1v) is 7.28. The molecular weight excluding hydrogens is 279 g/mol. The van der Waals surface area contributed by atoms with E-state index in [1.807, 2.05) is 50.1 Å². The third-order valence-electron chi connectivity index (χ3n) is 3.74. The average molecular weight is 300 g/mol. The first-order valence-electron chi connectivity index (χ1n) is 7.28. The zero-order valence-corrected chi connectivity index (χ0v) is 13.1. The molecule has 0 spiro atoms. The van der Waals surface area contributed by atoms with Gasteiger partial charge in [0, 0.05) is 17.8 Å². The molecule has 2 aromatic rings. The molecule has 4 heteroatoms. The third-order valence-corrected chi connectivity index (χ3v) is 3.74. The van der Waals surface area contributed by atoms with Crippen LogP contribution < -0.4 is 5.32 Å². The Kier molecular flexibility index (Phi) is 5.28. The number of hydrogen-bond donors (Lipinski definition) is 1. The van der Waals surface area contributed by atoms with Crippen LogP contribution in [0.4, 0.5) is 10.1 Å². The van der Waals surface area contributed by atoms with Gasteiger partial charge in [0.25, 0.3) is 0 Å². The van der Waals surface area contributed by atoms with Gasteiger partial charge in [0.2, 0.25) is 5.91 Å². The lowest BCUT2D eigenvalue weighted by atomic mass is 10.1. The van der Waals surface area contributed by atoms with Crippen LogP contribution in [-0.4, -0.2) is 23.9 Å². The van der Waals surface area contributed by atoms with Crippen molar-refractivity contribution in [3.63, 3.8) is 0 Å². The second kappa shape index (κ2) is 7.18. The molecular formula is C18H21FN2O. The topological polar surface area (TPSA) is 32.3 Å². The lowest BCUT2D eigenvalue weighted by Crippen LogP contribution is -2.39. The maximum Gasteiger partial charge on any atom is 0.241 e. The predicted octanol–water partition coefficient (Wildman–Crippen LogP) is 3.59. The zero-order chi connectivity index (χ0) is 16.1. The predicted molar refractivity (Wildman–Crippen MR) is 87.1 cm³/mol. The van der Waals surface area contributed by atoms with Gasteiger partial charge in [0.1, 0.15) is 5.82 Å². The van der Waals surface area contributed by atoms with Crippen molar-refractivity contribution < 1.29 is 9.18 Å². The minimum atomic E-state index is -0.360. The molecule has 0 radical (unpaired) electrons. The Morgan fingerprint density at radius 2 is 1.82 bits per heavy atom. The number of amides is 1. The van der Waals surface area contributed by atoms with Crippen LogP contribution in [0.25, 0.3) is 0 Å². The van der Waals surface area contributed by atoms with Crippen LogP contribution in [0.1, 0.15) is 18.1 Å². The summed E-state index contributed by atoms with van der Waals surface area (Å²) in [6.07, 6.45) is 0. The standard InChI is InChI=1S/C18H21FN2O/c1-13-8-10-16(11-9-13)20-18(22)14(2)21(3)12-15-6-4-5-7-17(15)19/h4-11,14H,12H2,1-3H3,(H,20,22). The highest BCUT2D eigenvalue weighted by Crippen LogP contribution is 2.13. The summed E-state index contributed by atoms with van der Waals surface area (Å²) in [6, 6.07) is 13.9. The average Bonchev–Trinajstić information content (AvgIpc) is 2.51. The monoisotopic (exact) mass is 300 g/mol. The van der Waals surface area contributed by atoms with E-state index in [4.69, 9.17) is 0 Å². The molecule has 3 nitrogen and oxygen atoms in total. The Bertz CT molecular complexity index is 640. The number of carbonyl (C=O) groups is 1. The maximum atomic E-state index is 13.7. The molecule has 1 unspecified atom stereocenters. The summed E-state index contributed by atoms with van der Waals surface area (Å²) in [5, 5.41) is 2.88. The maximum absolute atomic E-state index is 13.7. The van der Waals surface area contributed by atoms with E-state index < -0.39 is 0 Å². The number of carbonyl (C=O) groups excluding carboxylic acids is 1. The van der Waals surface area contributed by atoms with Crippen LogP contribution in [0.3, 0.4) is 0 Å². The molecule has 0 saturated heterocycles. The number of aryl methyl sites for hydroxylation is 1. The van der Waals surface area contributed by atoms with E-state index in [0.29, 0.717) is 12.1 Å². The van der Waals surface area contributed by atoms with Gasteiger partial charge in [0.05, 0.1) is 6.04 Å². The van der Waals surface area contributed by atoms with Gasteiger partial charge in [0.15, 0.2) is 0 Å². The first kappa shape index (κ1) is 16.2.